The van der Waals surface area contributed by atoms with Crippen molar-refractivity contribution in [2.75, 3.05) is 0 Å². The van der Waals surface area contributed by atoms with E-state index < -0.39 is 6.10 Å². The highest BCUT2D eigenvalue weighted by Crippen LogP contribution is 2.15. The smallest absolute Gasteiger partial charge is 0.261 e. The first-order chi connectivity index (χ1) is 10.6. The number of nitrogens with one attached hydrogen (secondary N) is 1. The van der Waals surface area contributed by atoms with Gasteiger partial charge in [0.2, 0.25) is 0 Å². The van der Waals surface area contributed by atoms with Gasteiger partial charge in [-0.2, -0.15) is 0 Å². The molecule has 0 aliphatic heterocycles. The highest BCUT2D eigenvalue weighted by molar-refractivity contribution is 6.30. The SMILES string of the molecule is CC[C@@H](Oc1ccc(C)cc1)C(=O)NCc1ccc(Cl)cc1. The second-order valence-corrected chi connectivity index (χ2v) is 5.61. The van der Waals surface area contributed by atoms with Gasteiger partial charge in [0.05, 0.1) is 0 Å². The van der Waals surface area contributed by atoms with E-state index in [0.29, 0.717) is 23.7 Å². The van der Waals surface area contributed by atoms with Crippen LogP contribution in [0, 0.1) is 6.92 Å². The van der Waals surface area contributed by atoms with Crippen LogP contribution in [-0.2, 0) is 11.3 Å². The molecule has 0 fully saturated rings. The Labute approximate surface area is 136 Å². The molecular formula is C18H20ClNO2. The maximum absolute atomic E-state index is 12.2. The molecule has 2 aromatic carbocycles. The molecule has 4 heteroatoms. The van der Waals surface area contributed by atoms with Crippen molar-refractivity contribution in [3.63, 3.8) is 0 Å². The van der Waals surface area contributed by atoms with E-state index in [2.05, 4.69) is 5.32 Å². The second-order valence-electron chi connectivity index (χ2n) is 5.17. The van der Waals surface area contributed by atoms with Crippen molar-refractivity contribution in [2.24, 2.45) is 0 Å². The van der Waals surface area contributed by atoms with Crippen LogP contribution < -0.4 is 10.1 Å². The van der Waals surface area contributed by atoms with Crippen molar-refractivity contribution in [3.05, 3.63) is 64.7 Å². The van der Waals surface area contributed by atoms with E-state index >= 15 is 0 Å². The van der Waals surface area contributed by atoms with E-state index in [1.807, 2.05) is 62.4 Å². The summed E-state index contributed by atoms with van der Waals surface area (Å²) in [6.45, 7) is 4.41. The summed E-state index contributed by atoms with van der Waals surface area (Å²) in [7, 11) is 0. The summed E-state index contributed by atoms with van der Waals surface area (Å²) in [4.78, 5) is 12.2. The van der Waals surface area contributed by atoms with Gasteiger partial charge < -0.3 is 10.1 Å². The lowest BCUT2D eigenvalue weighted by Gasteiger charge is -2.17. The van der Waals surface area contributed by atoms with Crippen molar-refractivity contribution in [1.82, 2.24) is 5.32 Å². The molecule has 0 spiro atoms. The summed E-state index contributed by atoms with van der Waals surface area (Å²) in [6, 6.07) is 15.1. The molecule has 1 N–H and O–H groups in total. The van der Waals surface area contributed by atoms with Gasteiger partial charge in [0.1, 0.15) is 5.75 Å². The number of ether oxygens (including phenoxy) is 1. The van der Waals surface area contributed by atoms with Crippen molar-refractivity contribution >= 4 is 17.5 Å². The molecule has 0 heterocycles. The number of aryl methyl sites for hydroxylation is 1. The van der Waals surface area contributed by atoms with Crippen LogP contribution in [0.15, 0.2) is 48.5 Å². The molecular weight excluding hydrogens is 298 g/mol. The third-order valence-corrected chi connectivity index (χ3v) is 3.59. The molecule has 0 saturated carbocycles. The number of hydrogen-bond donors (Lipinski definition) is 1. The molecule has 22 heavy (non-hydrogen) atoms. The fourth-order valence-corrected chi connectivity index (χ4v) is 2.13. The number of rotatable bonds is 6. The van der Waals surface area contributed by atoms with Gasteiger partial charge in [-0.25, -0.2) is 0 Å². The first-order valence-electron chi connectivity index (χ1n) is 7.34. The third-order valence-electron chi connectivity index (χ3n) is 3.34. The van der Waals surface area contributed by atoms with Crippen LogP contribution in [0.4, 0.5) is 0 Å². The topological polar surface area (TPSA) is 38.3 Å². The lowest BCUT2D eigenvalue weighted by atomic mass is 10.2. The summed E-state index contributed by atoms with van der Waals surface area (Å²) in [5.74, 6) is 0.595. The third kappa shape index (κ3) is 4.78. The second kappa shape index (κ2) is 7.85. The minimum absolute atomic E-state index is 0.113. The van der Waals surface area contributed by atoms with Crippen LogP contribution in [0.25, 0.3) is 0 Å². The number of benzene rings is 2. The van der Waals surface area contributed by atoms with Crippen LogP contribution in [0.3, 0.4) is 0 Å². The highest BCUT2D eigenvalue weighted by atomic mass is 35.5. The predicted molar refractivity (Wildman–Crippen MR) is 89.2 cm³/mol. The summed E-state index contributed by atoms with van der Waals surface area (Å²) >= 11 is 5.84. The Hall–Kier alpha value is -2.00. The average molecular weight is 318 g/mol. The molecule has 2 aromatic rings. The van der Waals surface area contributed by atoms with E-state index in [9.17, 15) is 4.79 Å². The van der Waals surface area contributed by atoms with Crippen LogP contribution >= 0.6 is 11.6 Å². The molecule has 116 valence electrons. The fraction of sp³-hybridized carbons (Fsp3) is 0.278. The van der Waals surface area contributed by atoms with Crippen molar-refractivity contribution in [2.45, 2.75) is 32.9 Å². The van der Waals surface area contributed by atoms with Gasteiger partial charge in [0.15, 0.2) is 6.10 Å². The van der Waals surface area contributed by atoms with E-state index in [0.717, 1.165) is 11.1 Å². The Kier molecular flexibility index (Phi) is 5.84. The number of halogens is 1. The van der Waals surface area contributed by atoms with Crippen molar-refractivity contribution in [1.29, 1.82) is 0 Å². The number of amides is 1. The molecule has 0 bridgehead atoms. The summed E-state index contributed by atoms with van der Waals surface area (Å²) in [5, 5.41) is 3.58. The number of hydrogen-bond acceptors (Lipinski definition) is 2. The lowest BCUT2D eigenvalue weighted by molar-refractivity contribution is -0.128. The maximum Gasteiger partial charge on any atom is 0.261 e. The lowest BCUT2D eigenvalue weighted by Crippen LogP contribution is -2.37. The summed E-state index contributed by atoms with van der Waals surface area (Å²) < 4.78 is 5.75. The first-order valence-corrected chi connectivity index (χ1v) is 7.71. The number of carbonyl (C=O) groups is 1. The Morgan fingerprint density at radius 2 is 1.77 bits per heavy atom. The quantitative estimate of drug-likeness (QED) is 0.870. The van der Waals surface area contributed by atoms with Crippen LogP contribution in [-0.4, -0.2) is 12.0 Å². The zero-order chi connectivity index (χ0) is 15.9. The van der Waals surface area contributed by atoms with Gasteiger partial charge in [-0.1, -0.05) is 48.4 Å². The molecule has 0 aliphatic carbocycles. The van der Waals surface area contributed by atoms with Gasteiger partial charge in [-0.3, -0.25) is 4.79 Å². The Bertz CT molecular complexity index is 608. The maximum atomic E-state index is 12.2. The van der Waals surface area contributed by atoms with E-state index in [1.54, 1.807) is 0 Å². The minimum Gasteiger partial charge on any atom is -0.481 e. The van der Waals surface area contributed by atoms with Gasteiger partial charge in [-0.05, 0) is 43.2 Å². The molecule has 0 aliphatic rings. The molecule has 3 nitrogen and oxygen atoms in total. The van der Waals surface area contributed by atoms with Crippen molar-refractivity contribution in [3.8, 4) is 5.75 Å². The van der Waals surface area contributed by atoms with E-state index in [-0.39, 0.29) is 5.91 Å². The number of carbonyl (C=O) groups excluding carboxylic acids is 1. The standard InChI is InChI=1S/C18H20ClNO2/c1-3-17(22-16-10-4-13(2)5-11-16)18(21)20-12-14-6-8-15(19)9-7-14/h4-11,17H,3,12H2,1-2H3,(H,20,21)/t17-/m1/s1. The van der Waals surface area contributed by atoms with Gasteiger partial charge in [0.25, 0.3) is 5.91 Å². The average Bonchev–Trinajstić information content (AvgIpc) is 2.53. The molecule has 2 rings (SSSR count). The molecule has 0 aromatic heterocycles. The van der Waals surface area contributed by atoms with Crippen LogP contribution in [0.1, 0.15) is 24.5 Å². The zero-order valence-corrected chi connectivity index (χ0v) is 13.6. The van der Waals surface area contributed by atoms with Gasteiger partial charge in [0, 0.05) is 11.6 Å². The first kappa shape index (κ1) is 16.4. The van der Waals surface area contributed by atoms with Gasteiger partial charge >= 0.3 is 0 Å². The zero-order valence-electron chi connectivity index (χ0n) is 12.8. The molecule has 0 unspecified atom stereocenters. The van der Waals surface area contributed by atoms with Gasteiger partial charge in [-0.15, -0.1) is 0 Å². The molecule has 0 radical (unpaired) electrons. The monoisotopic (exact) mass is 317 g/mol. The summed E-state index contributed by atoms with van der Waals surface area (Å²) in [6.07, 6.45) is 0.121. The van der Waals surface area contributed by atoms with Crippen LogP contribution in [0.2, 0.25) is 5.02 Å². The van der Waals surface area contributed by atoms with Crippen molar-refractivity contribution < 1.29 is 9.53 Å². The Morgan fingerprint density at radius 3 is 2.36 bits per heavy atom. The summed E-state index contributed by atoms with van der Waals surface area (Å²) in [5.41, 5.74) is 2.16. The largest absolute Gasteiger partial charge is 0.481 e. The molecule has 1 amide bonds. The predicted octanol–water partition coefficient (Wildman–Crippen LogP) is 4.12. The Morgan fingerprint density at radius 1 is 1.14 bits per heavy atom. The van der Waals surface area contributed by atoms with Crippen LogP contribution in [0.5, 0.6) is 5.75 Å². The van der Waals surface area contributed by atoms with E-state index in [4.69, 9.17) is 16.3 Å². The molecule has 1 atom stereocenters. The normalized spacial score (nSPS) is 11.8. The van der Waals surface area contributed by atoms with E-state index in [1.165, 1.54) is 0 Å². The Balaban J connectivity index is 1.91. The molecule has 0 saturated heterocycles. The highest BCUT2D eigenvalue weighted by Gasteiger charge is 2.17. The fourth-order valence-electron chi connectivity index (χ4n) is 2.01. The minimum atomic E-state index is -0.491.